The fourth-order valence-electron chi connectivity index (χ4n) is 2.32. The molecule has 3 N–H and O–H groups in total. The van der Waals surface area contributed by atoms with Crippen LogP contribution in [0, 0.1) is 0 Å². The third-order valence-electron chi connectivity index (χ3n) is 3.63. The number of thiophene rings is 1. The first-order chi connectivity index (χ1) is 13.8. The number of rotatable bonds is 8. The first-order valence-corrected chi connectivity index (χ1v) is 11.6. The molecular formula is C19H16N2O5S3. The van der Waals surface area contributed by atoms with E-state index >= 15 is 0 Å². The summed E-state index contributed by atoms with van der Waals surface area (Å²) in [5.74, 6) is -1.22. The molecule has 2 aromatic carbocycles. The van der Waals surface area contributed by atoms with Crippen molar-refractivity contribution in [2.75, 3.05) is 15.8 Å². The highest BCUT2D eigenvalue weighted by Gasteiger charge is 2.15. The minimum absolute atomic E-state index is 0.0936. The average Bonchev–Trinajstić information content (AvgIpc) is 3.23. The van der Waals surface area contributed by atoms with Gasteiger partial charge in [-0.15, -0.1) is 23.1 Å². The normalized spacial score (nSPS) is 11.0. The van der Waals surface area contributed by atoms with Gasteiger partial charge in [-0.1, -0.05) is 12.1 Å². The van der Waals surface area contributed by atoms with Crippen LogP contribution >= 0.6 is 23.1 Å². The highest BCUT2D eigenvalue weighted by Crippen LogP contribution is 2.24. The second kappa shape index (κ2) is 9.12. The monoisotopic (exact) mass is 448 g/mol. The van der Waals surface area contributed by atoms with Crippen LogP contribution < -0.4 is 10.0 Å². The highest BCUT2D eigenvalue weighted by molar-refractivity contribution is 8.00. The van der Waals surface area contributed by atoms with E-state index in [4.69, 9.17) is 5.11 Å². The molecule has 0 aliphatic heterocycles. The number of sulfonamides is 1. The van der Waals surface area contributed by atoms with E-state index in [-0.39, 0.29) is 21.4 Å². The molecule has 1 heterocycles. The Hall–Kier alpha value is -2.82. The maximum Gasteiger partial charge on any atom is 0.335 e. The second-order valence-electron chi connectivity index (χ2n) is 5.78. The predicted octanol–water partition coefficient (Wildman–Crippen LogP) is 3.98. The molecule has 0 spiro atoms. The van der Waals surface area contributed by atoms with Crippen molar-refractivity contribution in [2.45, 2.75) is 9.10 Å². The number of carboxylic acid groups (broad SMARTS) is 1. The number of anilines is 2. The fraction of sp³-hybridized carbons (Fsp3) is 0.0526. The van der Waals surface area contributed by atoms with Crippen molar-refractivity contribution < 1.29 is 23.1 Å². The Morgan fingerprint density at radius 1 is 1.00 bits per heavy atom. The van der Waals surface area contributed by atoms with Crippen molar-refractivity contribution in [3.05, 3.63) is 71.6 Å². The quantitative estimate of drug-likeness (QED) is 0.449. The van der Waals surface area contributed by atoms with Crippen LogP contribution in [0.2, 0.25) is 0 Å². The van der Waals surface area contributed by atoms with Gasteiger partial charge >= 0.3 is 5.97 Å². The number of carbonyl (C=O) groups is 2. The highest BCUT2D eigenvalue weighted by atomic mass is 32.2. The lowest BCUT2D eigenvalue weighted by molar-refractivity contribution is -0.113. The number of carbonyl (C=O) groups excluding carboxylic acids is 1. The van der Waals surface area contributed by atoms with Crippen LogP contribution in [0.25, 0.3) is 0 Å². The minimum atomic E-state index is -3.60. The lowest BCUT2D eigenvalue weighted by Gasteiger charge is -2.08. The Bertz CT molecular complexity index is 1110. The van der Waals surface area contributed by atoms with Crippen LogP contribution in [-0.4, -0.2) is 31.2 Å². The minimum Gasteiger partial charge on any atom is -0.478 e. The van der Waals surface area contributed by atoms with Gasteiger partial charge in [0.2, 0.25) is 5.91 Å². The van der Waals surface area contributed by atoms with Crippen molar-refractivity contribution in [3.63, 3.8) is 0 Å². The van der Waals surface area contributed by atoms with Gasteiger partial charge in [0.15, 0.2) is 0 Å². The molecule has 1 amide bonds. The maximum absolute atomic E-state index is 12.2. The number of benzene rings is 2. The van der Waals surface area contributed by atoms with Crippen LogP contribution in [0.5, 0.6) is 0 Å². The molecule has 0 atom stereocenters. The number of carboxylic acids is 1. The zero-order valence-electron chi connectivity index (χ0n) is 14.9. The first kappa shape index (κ1) is 20.9. The summed E-state index contributed by atoms with van der Waals surface area (Å²) in [7, 11) is -3.60. The van der Waals surface area contributed by atoms with Crippen LogP contribution in [0.15, 0.2) is 75.1 Å². The topological polar surface area (TPSA) is 113 Å². The van der Waals surface area contributed by atoms with Gasteiger partial charge in [-0.2, -0.15) is 0 Å². The lowest BCUT2D eigenvalue weighted by Crippen LogP contribution is -2.14. The van der Waals surface area contributed by atoms with Crippen LogP contribution in [-0.2, 0) is 14.8 Å². The van der Waals surface area contributed by atoms with Crippen LogP contribution in [0.3, 0.4) is 0 Å². The van der Waals surface area contributed by atoms with Crippen molar-refractivity contribution in [2.24, 2.45) is 0 Å². The molecule has 0 radical (unpaired) electrons. The molecule has 0 saturated carbocycles. The van der Waals surface area contributed by atoms with Gasteiger partial charge in [0.1, 0.15) is 4.21 Å². The van der Waals surface area contributed by atoms with E-state index in [0.29, 0.717) is 11.4 Å². The molecule has 0 aliphatic carbocycles. The molecule has 3 rings (SSSR count). The zero-order valence-corrected chi connectivity index (χ0v) is 17.3. The van der Waals surface area contributed by atoms with Crippen LogP contribution in [0.4, 0.5) is 11.4 Å². The van der Waals surface area contributed by atoms with Gasteiger partial charge in [0.25, 0.3) is 10.0 Å². The Balaban J connectivity index is 1.54. The molecule has 0 bridgehead atoms. The molecular weight excluding hydrogens is 432 g/mol. The summed E-state index contributed by atoms with van der Waals surface area (Å²) in [5.41, 5.74) is 0.933. The van der Waals surface area contributed by atoms with E-state index in [1.54, 1.807) is 47.8 Å². The molecule has 29 heavy (non-hydrogen) atoms. The Kier molecular flexibility index (Phi) is 6.57. The fourth-order valence-corrected chi connectivity index (χ4v) is 5.07. The number of hydrogen-bond acceptors (Lipinski definition) is 6. The van der Waals surface area contributed by atoms with Gasteiger partial charge in [0.05, 0.1) is 11.3 Å². The molecule has 7 nitrogen and oxygen atoms in total. The summed E-state index contributed by atoms with van der Waals surface area (Å²) in [6.45, 7) is 0. The van der Waals surface area contributed by atoms with Gasteiger partial charge in [-0.05, 0) is 53.9 Å². The third kappa shape index (κ3) is 5.83. The number of amides is 1. The molecule has 0 unspecified atom stereocenters. The Morgan fingerprint density at radius 3 is 2.41 bits per heavy atom. The number of thioether (sulfide) groups is 1. The van der Waals surface area contributed by atoms with E-state index in [9.17, 15) is 18.0 Å². The largest absolute Gasteiger partial charge is 0.478 e. The Labute approximate surface area is 175 Å². The molecule has 0 aliphatic rings. The van der Waals surface area contributed by atoms with Crippen molar-refractivity contribution in [1.29, 1.82) is 0 Å². The zero-order chi connectivity index (χ0) is 20.9. The van der Waals surface area contributed by atoms with Gasteiger partial charge in [-0.25, -0.2) is 13.2 Å². The average molecular weight is 449 g/mol. The van der Waals surface area contributed by atoms with Crippen LogP contribution in [0.1, 0.15) is 10.4 Å². The molecule has 0 fully saturated rings. The van der Waals surface area contributed by atoms with E-state index < -0.39 is 16.0 Å². The molecule has 3 aromatic rings. The van der Waals surface area contributed by atoms with Crippen molar-refractivity contribution >= 4 is 56.4 Å². The SMILES string of the molecule is O=C(CSc1ccc(NS(=O)(=O)c2cccs2)cc1)Nc1cccc(C(=O)O)c1. The molecule has 10 heteroatoms. The summed E-state index contributed by atoms with van der Waals surface area (Å²) < 4.78 is 27.2. The summed E-state index contributed by atoms with van der Waals surface area (Å²) in [6.07, 6.45) is 0. The summed E-state index contributed by atoms with van der Waals surface area (Å²) >= 11 is 2.41. The summed E-state index contributed by atoms with van der Waals surface area (Å²) in [6, 6.07) is 15.9. The third-order valence-corrected chi connectivity index (χ3v) is 7.42. The van der Waals surface area contributed by atoms with Gasteiger partial charge in [0, 0.05) is 16.3 Å². The van der Waals surface area contributed by atoms with Crippen molar-refractivity contribution in [3.8, 4) is 0 Å². The maximum atomic E-state index is 12.2. The lowest BCUT2D eigenvalue weighted by atomic mass is 10.2. The number of nitrogens with one attached hydrogen (secondary N) is 2. The predicted molar refractivity (Wildman–Crippen MR) is 114 cm³/mol. The Morgan fingerprint density at radius 2 is 1.76 bits per heavy atom. The van der Waals surface area contributed by atoms with Gasteiger partial charge < -0.3 is 10.4 Å². The van der Waals surface area contributed by atoms with E-state index in [1.807, 2.05) is 0 Å². The first-order valence-electron chi connectivity index (χ1n) is 8.26. The summed E-state index contributed by atoms with van der Waals surface area (Å²) in [5, 5.41) is 13.3. The van der Waals surface area contributed by atoms with Gasteiger partial charge in [-0.3, -0.25) is 9.52 Å². The molecule has 150 valence electrons. The molecule has 0 saturated heterocycles. The molecule has 1 aromatic heterocycles. The van der Waals surface area contributed by atoms with Crippen molar-refractivity contribution in [1.82, 2.24) is 0 Å². The number of hydrogen-bond donors (Lipinski definition) is 3. The summed E-state index contributed by atoms with van der Waals surface area (Å²) in [4.78, 5) is 23.8. The second-order valence-corrected chi connectivity index (χ2v) is 9.69. The van der Waals surface area contributed by atoms with E-state index in [0.717, 1.165) is 16.2 Å². The number of aromatic carboxylic acids is 1. The smallest absolute Gasteiger partial charge is 0.335 e. The van der Waals surface area contributed by atoms with E-state index in [2.05, 4.69) is 10.0 Å². The standard InChI is InChI=1S/C19H16N2O5S3/c22-17(20-15-4-1-3-13(11-15)19(23)24)12-28-16-8-6-14(7-9-16)21-29(25,26)18-5-2-10-27-18/h1-11,21H,12H2,(H,20,22)(H,23,24). The van der Waals surface area contributed by atoms with E-state index in [1.165, 1.54) is 30.0 Å².